The number of anilines is 1. The lowest BCUT2D eigenvalue weighted by Gasteiger charge is -2.39. The first kappa shape index (κ1) is 44.2. The van der Waals surface area contributed by atoms with E-state index in [9.17, 15) is 30.0 Å². The molecule has 322 valence electrons. The van der Waals surface area contributed by atoms with E-state index in [-0.39, 0.29) is 61.6 Å². The zero-order valence-corrected chi connectivity index (χ0v) is 36.3. The molecule has 59 heavy (non-hydrogen) atoms. The zero-order chi connectivity index (χ0) is 43.4. The highest BCUT2D eigenvalue weighted by Gasteiger charge is 2.50. The summed E-state index contributed by atoms with van der Waals surface area (Å²) in [6.45, 7) is 20.0. The van der Waals surface area contributed by atoms with Crippen LogP contribution in [0.15, 0.2) is 46.1 Å². The number of ether oxygens (including phenoxy) is 4. The molecule has 2 aromatic rings. The molecule has 0 saturated carbocycles. The quantitative estimate of drug-likeness (QED) is 0.198. The van der Waals surface area contributed by atoms with E-state index in [0.29, 0.717) is 24.8 Å². The number of nitrogens with one attached hydrogen (secondary N) is 1. The number of carbonyl (C=O) groups excluding carboxylic acids is 2. The van der Waals surface area contributed by atoms with Crippen molar-refractivity contribution in [1.82, 2.24) is 4.90 Å². The summed E-state index contributed by atoms with van der Waals surface area (Å²) in [5.74, 6) is -6.22. The van der Waals surface area contributed by atoms with Crippen LogP contribution in [-0.4, -0.2) is 99.3 Å². The highest BCUT2D eigenvalue weighted by atomic mass is 16.7. The number of phenols is 2. The van der Waals surface area contributed by atoms with Crippen molar-refractivity contribution < 1.29 is 49.0 Å². The SMILES string of the molecule is CCN1CCC2(CC1)N=c1c3c(O)c4c(O)c(C)c5c(c4c1=N2)C(=O)C(C)(O/C=C/[C@H](OC)[C@@H](C)C(O)[C@H](C)C(OC(C)(C)O)[C@H](C)CC(C)/C=C/C=C(/C)C(=O)N3)O5. The monoisotopic (exact) mass is 818 g/mol. The minimum atomic E-state index is -1.91. The third-order valence-electron chi connectivity index (χ3n) is 12.6. The Kier molecular flexibility index (Phi) is 12.4. The maximum absolute atomic E-state index is 14.7. The van der Waals surface area contributed by atoms with Gasteiger partial charge in [-0.05, 0) is 58.6 Å². The number of nitrogens with zero attached hydrogens (tertiary/aromatic N) is 3. The number of fused-ring (bicyclic) bond motifs is 1. The average molecular weight is 819 g/mol. The van der Waals surface area contributed by atoms with E-state index in [1.54, 1.807) is 45.9 Å². The van der Waals surface area contributed by atoms with Gasteiger partial charge in [0.15, 0.2) is 17.2 Å². The molecule has 14 heteroatoms. The molecule has 4 bridgehead atoms. The Morgan fingerprint density at radius 1 is 1.00 bits per heavy atom. The molecule has 1 saturated heterocycles. The van der Waals surface area contributed by atoms with Gasteiger partial charge in [0.2, 0.25) is 0 Å². The van der Waals surface area contributed by atoms with Crippen LogP contribution in [-0.2, 0) is 19.0 Å². The molecule has 4 heterocycles. The highest BCUT2D eigenvalue weighted by Crippen LogP contribution is 2.50. The van der Waals surface area contributed by atoms with E-state index in [1.165, 1.54) is 20.3 Å². The number of ketones is 1. The van der Waals surface area contributed by atoms with Crippen molar-refractivity contribution in [1.29, 1.82) is 0 Å². The average Bonchev–Trinajstić information content (AvgIpc) is 3.68. The largest absolute Gasteiger partial charge is 0.507 e. The molecule has 0 radical (unpaired) electrons. The molecule has 1 spiro atoms. The van der Waals surface area contributed by atoms with Crippen LogP contribution in [0.4, 0.5) is 5.69 Å². The molecule has 0 aromatic heterocycles. The van der Waals surface area contributed by atoms with E-state index in [4.69, 9.17) is 28.9 Å². The van der Waals surface area contributed by atoms with Crippen molar-refractivity contribution in [2.75, 3.05) is 32.1 Å². The third kappa shape index (κ3) is 8.39. The maximum Gasteiger partial charge on any atom is 0.312 e. The number of Topliss-reactive ketones (excluding diaryl/α,β-unsaturated/α-hetero) is 1. The van der Waals surface area contributed by atoms with Crippen LogP contribution in [0, 0.1) is 30.6 Å². The Labute approximate surface area is 346 Å². The molecule has 6 rings (SSSR count). The summed E-state index contributed by atoms with van der Waals surface area (Å²) >= 11 is 0. The topological polar surface area (TPSA) is 192 Å². The summed E-state index contributed by atoms with van der Waals surface area (Å²) in [4.78, 5) is 41.1. The standard InChI is InChI=1S/C45H62N4O10/c1-12-49-19-17-45(18-20-49)47-33-30-31-37(51)28(7)40-32(30)41(53)44(10,59-40)57-21-16-29(56-11)26(5)36(50)27(6)39(58-43(8,9)55)25(4)22-23(2)14-13-15-24(3)42(54)46-35(38(31)52)34(33)48-45/h13-16,21,23,25-27,29,36,39,50-52,55H,12,17-20,22H2,1-11H3,(H,46,54)/b14-13+,21-16+,24-15-/t23?,25-,26-,27+,29+,36?,39?,44?/m1/s1. The Bertz CT molecular complexity index is 2200. The van der Waals surface area contributed by atoms with Crippen LogP contribution >= 0.6 is 0 Å². The minimum absolute atomic E-state index is 0.0127. The second kappa shape index (κ2) is 16.6. The normalized spacial score (nSPS) is 32.4. The fourth-order valence-corrected chi connectivity index (χ4v) is 9.03. The number of piperidine rings is 1. The van der Waals surface area contributed by atoms with E-state index in [0.717, 1.165) is 19.6 Å². The molecule has 8 atom stereocenters. The number of carbonyl (C=O) groups is 2. The van der Waals surface area contributed by atoms with Crippen molar-refractivity contribution in [3.63, 3.8) is 0 Å². The second-order valence-electron chi connectivity index (χ2n) is 17.6. The number of aliphatic hydroxyl groups excluding tert-OH is 1. The number of hydrogen-bond donors (Lipinski definition) is 5. The Balaban J connectivity index is 1.52. The number of hydrogen-bond acceptors (Lipinski definition) is 13. The van der Waals surface area contributed by atoms with Crippen molar-refractivity contribution in [3.05, 3.63) is 58.0 Å². The fraction of sp³-hybridized carbons (Fsp3) is 0.600. The highest BCUT2D eigenvalue weighted by molar-refractivity contribution is 6.19. The van der Waals surface area contributed by atoms with Gasteiger partial charge in [0.1, 0.15) is 22.5 Å². The Morgan fingerprint density at radius 3 is 2.29 bits per heavy atom. The number of allylic oxidation sites excluding steroid dienone is 3. The number of benzene rings is 2. The Hall–Kier alpha value is -4.34. The molecule has 2 aromatic carbocycles. The minimum Gasteiger partial charge on any atom is -0.507 e. The summed E-state index contributed by atoms with van der Waals surface area (Å²) in [5.41, 5.74) is -0.339. The van der Waals surface area contributed by atoms with Crippen LogP contribution in [0.5, 0.6) is 17.2 Å². The van der Waals surface area contributed by atoms with Gasteiger partial charge in [0.05, 0.1) is 40.9 Å². The number of aliphatic hydroxyl groups is 2. The first-order valence-corrected chi connectivity index (χ1v) is 20.8. The molecular formula is C45H62N4O10. The number of phenolic OH excluding ortho intramolecular Hbond substituents is 2. The van der Waals surface area contributed by atoms with Gasteiger partial charge in [-0.15, -0.1) is 0 Å². The van der Waals surface area contributed by atoms with Gasteiger partial charge < -0.3 is 49.6 Å². The summed E-state index contributed by atoms with van der Waals surface area (Å²) in [7, 11) is 1.51. The van der Waals surface area contributed by atoms with E-state index in [2.05, 4.69) is 17.1 Å². The van der Waals surface area contributed by atoms with Crippen molar-refractivity contribution in [2.45, 2.75) is 124 Å². The molecule has 5 N–H and O–H groups in total. The second-order valence-corrected chi connectivity index (χ2v) is 17.6. The van der Waals surface area contributed by atoms with Gasteiger partial charge in [-0.3, -0.25) is 19.6 Å². The number of aromatic hydroxyl groups is 2. The summed E-state index contributed by atoms with van der Waals surface area (Å²) in [6.07, 6.45) is 7.97. The van der Waals surface area contributed by atoms with Gasteiger partial charge in [0, 0.05) is 68.3 Å². The summed E-state index contributed by atoms with van der Waals surface area (Å²) < 4.78 is 24.4. The first-order valence-electron chi connectivity index (χ1n) is 20.8. The van der Waals surface area contributed by atoms with Gasteiger partial charge in [-0.2, -0.15) is 0 Å². The molecule has 4 aliphatic heterocycles. The van der Waals surface area contributed by atoms with Crippen LogP contribution in [0.2, 0.25) is 0 Å². The van der Waals surface area contributed by atoms with Gasteiger partial charge >= 0.3 is 5.79 Å². The van der Waals surface area contributed by atoms with E-state index >= 15 is 0 Å². The third-order valence-corrected chi connectivity index (χ3v) is 12.6. The summed E-state index contributed by atoms with van der Waals surface area (Å²) in [6, 6.07) is 0. The van der Waals surface area contributed by atoms with Crippen molar-refractivity contribution in [2.24, 2.45) is 33.7 Å². The Morgan fingerprint density at radius 2 is 1.66 bits per heavy atom. The molecular weight excluding hydrogens is 757 g/mol. The van der Waals surface area contributed by atoms with Gasteiger partial charge in [-0.25, -0.2) is 0 Å². The lowest BCUT2D eigenvalue weighted by molar-refractivity contribution is -0.236. The molecule has 4 aliphatic rings. The molecule has 1 fully saturated rings. The molecule has 0 aliphatic carbocycles. The summed E-state index contributed by atoms with van der Waals surface area (Å²) in [5, 5.41) is 49.8. The smallest absolute Gasteiger partial charge is 0.312 e. The van der Waals surface area contributed by atoms with Crippen LogP contribution < -0.4 is 20.8 Å². The number of amides is 1. The van der Waals surface area contributed by atoms with E-state index < -0.39 is 64.8 Å². The number of rotatable bonds is 4. The van der Waals surface area contributed by atoms with E-state index in [1.807, 2.05) is 33.8 Å². The fourth-order valence-electron chi connectivity index (χ4n) is 9.03. The molecule has 1 amide bonds. The van der Waals surface area contributed by atoms with Gasteiger partial charge in [0.25, 0.3) is 11.7 Å². The van der Waals surface area contributed by atoms with Crippen molar-refractivity contribution >= 4 is 28.2 Å². The zero-order valence-electron chi connectivity index (χ0n) is 36.3. The lowest BCUT2D eigenvalue weighted by Crippen LogP contribution is -2.46. The molecule has 4 unspecified atom stereocenters. The predicted molar refractivity (Wildman–Crippen MR) is 223 cm³/mol. The van der Waals surface area contributed by atoms with Crippen LogP contribution in [0.3, 0.4) is 0 Å². The van der Waals surface area contributed by atoms with Gasteiger partial charge in [-0.1, -0.05) is 52.8 Å². The number of methoxy groups -OCH3 is 1. The maximum atomic E-state index is 14.7. The van der Waals surface area contributed by atoms with Crippen LogP contribution in [0.1, 0.15) is 97.5 Å². The van der Waals surface area contributed by atoms with Crippen molar-refractivity contribution in [3.8, 4) is 17.2 Å². The van der Waals surface area contributed by atoms with Crippen LogP contribution in [0.25, 0.3) is 10.8 Å². The lowest BCUT2D eigenvalue weighted by atomic mass is 9.79. The molecule has 14 nitrogen and oxygen atoms in total. The number of likely N-dealkylation sites (tertiary alicyclic amines) is 1. The predicted octanol–water partition coefficient (Wildman–Crippen LogP) is 5.32. The first-order chi connectivity index (χ1) is 27.7.